The fraction of sp³-hybridized carbons (Fsp3) is 0. The van der Waals surface area contributed by atoms with E-state index in [0.29, 0.717) is 6.41 Å². The topological polar surface area (TPSA) is 96.0 Å². The molecule has 0 fully saturated rings. The van der Waals surface area contributed by atoms with Gasteiger partial charge in [-0.3, -0.25) is 14.9 Å². The van der Waals surface area contributed by atoms with Crippen LogP contribution in [-0.4, -0.2) is 11.3 Å². The Morgan fingerprint density at radius 1 is 1.57 bits per heavy atom. The van der Waals surface area contributed by atoms with E-state index in [4.69, 9.17) is 5.26 Å². The molecule has 0 aromatic heterocycles. The van der Waals surface area contributed by atoms with Gasteiger partial charge in [-0.1, -0.05) is 0 Å². The van der Waals surface area contributed by atoms with Gasteiger partial charge in [-0.05, 0) is 12.1 Å². The van der Waals surface area contributed by atoms with Crippen molar-refractivity contribution in [2.75, 3.05) is 5.32 Å². The molecule has 14 heavy (non-hydrogen) atoms. The normalized spacial score (nSPS) is 8.79. The zero-order chi connectivity index (χ0) is 10.6. The molecule has 1 N–H and O–H groups in total. The lowest BCUT2D eigenvalue weighted by Gasteiger charge is -1.99. The van der Waals surface area contributed by atoms with E-state index in [1.807, 2.05) is 0 Å². The molecule has 1 aromatic rings. The van der Waals surface area contributed by atoms with Crippen LogP contribution < -0.4 is 5.32 Å². The van der Waals surface area contributed by atoms with Crippen molar-refractivity contribution in [1.29, 1.82) is 5.26 Å². The number of carbonyl (C=O) groups is 1. The predicted molar refractivity (Wildman–Crippen MR) is 47.5 cm³/mol. The van der Waals surface area contributed by atoms with Gasteiger partial charge >= 0.3 is 0 Å². The molecule has 0 bridgehead atoms. The number of nitriles is 1. The van der Waals surface area contributed by atoms with E-state index in [2.05, 4.69) is 5.32 Å². The minimum Gasteiger partial charge on any atom is -0.323 e. The Balaban J connectivity index is 3.25. The molecule has 0 saturated heterocycles. The van der Waals surface area contributed by atoms with Gasteiger partial charge in [-0.25, -0.2) is 0 Å². The smallest absolute Gasteiger partial charge is 0.294 e. The first-order chi connectivity index (χ1) is 6.69. The van der Waals surface area contributed by atoms with Crippen molar-refractivity contribution in [3.8, 4) is 6.07 Å². The second-order valence-electron chi connectivity index (χ2n) is 2.36. The zero-order valence-electron chi connectivity index (χ0n) is 6.93. The van der Waals surface area contributed by atoms with Crippen LogP contribution in [-0.2, 0) is 4.79 Å². The van der Waals surface area contributed by atoms with E-state index in [0.717, 1.165) is 6.07 Å². The summed E-state index contributed by atoms with van der Waals surface area (Å²) in [4.78, 5) is 19.9. The Kier molecular flexibility index (Phi) is 2.76. The maximum absolute atomic E-state index is 10.5. The highest BCUT2D eigenvalue weighted by Gasteiger charge is 2.13. The Labute approximate surface area is 78.9 Å². The maximum Gasteiger partial charge on any atom is 0.294 e. The number of benzene rings is 1. The maximum atomic E-state index is 10.5. The standard InChI is InChI=1S/C8H5N3O3/c9-4-6-1-2-7(10-5-12)8(3-6)11(13)14/h1-3,5H,(H,10,12). The van der Waals surface area contributed by atoms with Gasteiger partial charge in [0.25, 0.3) is 5.69 Å². The minimum absolute atomic E-state index is 0.0731. The van der Waals surface area contributed by atoms with Crippen molar-refractivity contribution >= 4 is 17.8 Å². The van der Waals surface area contributed by atoms with Crippen LogP contribution in [0.4, 0.5) is 11.4 Å². The molecule has 6 heteroatoms. The third-order valence-electron chi connectivity index (χ3n) is 1.54. The lowest BCUT2D eigenvalue weighted by molar-refractivity contribution is -0.383. The Morgan fingerprint density at radius 3 is 2.79 bits per heavy atom. The number of nitrogens with one attached hydrogen (secondary N) is 1. The minimum atomic E-state index is -0.660. The highest BCUT2D eigenvalue weighted by atomic mass is 16.6. The first kappa shape index (κ1) is 9.67. The van der Waals surface area contributed by atoms with Crippen LogP contribution in [0.25, 0.3) is 0 Å². The number of carbonyl (C=O) groups excluding carboxylic acids is 1. The second-order valence-corrected chi connectivity index (χ2v) is 2.36. The summed E-state index contributed by atoms with van der Waals surface area (Å²) in [5, 5.41) is 21.2. The number of hydrogen-bond donors (Lipinski definition) is 1. The third kappa shape index (κ3) is 1.84. The summed E-state index contributed by atoms with van der Waals surface area (Å²) >= 11 is 0. The zero-order valence-corrected chi connectivity index (χ0v) is 6.93. The SMILES string of the molecule is N#Cc1ccc(NC=O)c([N+](=O)[O-])c1. The summed E-state index contributed by atoms with van der Waals surface area (Å²) < 4.78 is 0. The Morgan fingerprint density at radius 2 is 2.29 bits per heavy atom. The van der Waals surface area contributed by atoms with Crippen LogP contribution >= 0.6 is 0 Å². The summed E-state index contributed by atoms with van der Waals surface area (Å²) in [6.07, 6.45) is 0.342. The van der Waals surface area contributed by atoms with Gasteiger partial charge in [0.15, 0.2) is 0 Å². The molecule has 0 saturated carbocycles. The summed E-state index contributed by atoms with van der Waals surface area (Å²) in [6, 6.07) is 5.57. The molecule has 1 amide bonds. The molecule has 0 atom stereocenters. The van der Waals surface area contributed by atoms with Gasteiger partial charge in [0.05, 0.1) is 16.6 Å². The highest BCUT2D eigenvalue weighted by Crippen LogP contribution is 2.24. The van der Waals surface area contributed by atoms with Crippen LogP contribution in [0.15, 0.2) is 18.2 Å². The monoisotopic (exact) mass is 191 g/mol. The average molecular weight is 191 g/mol. The van der Waals surface area contributed by atoms with E-state index in [9.17, 15) is 14.9 Å². The van der Waals surface area contributed by atoms with Gasteiger partial charge in [-0.15, -0.1) is 0 Å². The van der Waals surface area contributed by atoms with Crippen molar-refractivity contribution in [2.45, 2.75) is 0 Å². The summed E-state index contributed by atoms with van der Waals surface area (Å²) in [5.74, 6) is 0. The molecule has 0 spiro atoms. The fourth-order valence-electron chi connectivity index (χ4n) is 0.938. The molecule has 1 rings (SSSR count). The van der Waals surface area contributed by atoms with Crippen LogP contribution in [0.3, 0.4) is 0 Å². The van der Waals surface area contributed by atoms with Gasteiger partial charge < -0.3 is 5.32 Å². The van der Waals surface area contributed by atoms with Crippen LogP contribution in [0.5, 0.6) is 0 Å². The summed E-state index contributed by atoms with van der Waals surface area (Å²) in [5.41, 5.74) is -0.0479. The summed E-state index contributed by atoms with van der Waals surface area (Å²) in [6.45, 7) is 0. The van der Waals surface area contributed by atoms with Gasteiger partial charge in [-0.2, -0.15) is 5.26 Å². The highest BCUT2D eigenvalue weighted by molar-refractivity contribution is 5.78. The van der Waals surface area contributed by atoms with Crippen LogP contribution in [0.1, 0.15) is 5.56 Å². The van der Waals surface area contributed by atoms with E-state index in [-0.39, 0.29) is 16.9 Å². The van der Waals surface area contributed by atoms with E-state index < -0.39 is 4.92 Å². The Hall–Kier alpha value is -2.42. The molecular weight excluding hydrogens is 186 g/mol. The molecule has 0 aliphatic heterocycles. The number of nitrogens with zero attached hydrogens (tertiary/aromatic N) is 2. The van der Waals surface area contributed by atoms with Crippen LogP contribution in [0.2, 0.25) is 0 Å². The van der Waals surface area contributed by atoms with Gasteiger partial charge in [0.1, 0.15) is 5.69 Å². The lowest BCUT2D eigenvalue weighted by Crippen LogP contribution is -1.99. The third-order valence-corrected chi connectivity index (χ3v) is 1.54. The number of anilines is 1. The number of nitro benzene ring substituents is 1. The number of rotatable bonds is 3. The Bertz CT molecular complexity index is 422. The average Bonchev–Trinajstić information content (AvgIpc) is 2.18. The molecule has 0 unspecified atom stereocenters. The van der Waals surface area contributed by atoms with Crippen LogP contribution in [0, 0.1) is 21.4 Å². The molecule has 6 nitrogen and oxygen atoms in total. The first-order valence-electron chi connectivity index (χ1n) is 3.57. The molecule has 0 heterocycles. The second kappa shape index (κ2) is 4.00. The molecule has 0 aliphatic carbocycles. The number of nitro groups is 1. The van der Waals surface area contributed by atoms with Crippen molar-refractivity contribution in [1.82, 2.24) is 0 Å². The summed E-state index contributed by atoms with van der Waals surface area (Å²) in [7, 11) is 0. The fourth-order valence-corrected chi connectivity index (χ4v) is 0.938. The first-order valence-corrected chi connectivity index (χ1v) is 3.57. The molecule has 0 radical (unpaired) electrons. The largest absolute Gasteiger partial charge is 0.323 e. The van der Waals surface area contributed by atoms with Gasteiger partial charge in [0.2, 0.25) is 6.41 Å². The van der Waals surface area contributed by atoms with Gasteiger partial charge in [0, 0.05) is 6.07 Å². The molecule has 0 aliphatic rings. The van der Waals surface area contributed by atoms with E-state index >= 15 is 0 Å². The predicted octanol–water partition coefficient (Wildman–Crippen LogP) is 1.03. The molecule has 1 aromatic carbocycles. The lowest BCUT2D eigenvalue weighted by atomic mass is 10.2. The molecule has 70 valence electrons. The van der Waals surface area contributed by atoms with Crippen molar-refractivity contribution in [3.63, 3.8) is 0 Å². The van der Waals surface area contributed by atoms with Crippen molar-refractivity contribution < 1.29 is 9.72 Å². The molecular formula is C8H5N3O3. The number of hydrogen-bond acceptors (Lipinski definition) is 4. The van der Waals surface area contributed by atoms with Crippen molar-refractivity contribution in [2.24, 2.45) is 0 Å². The quantitative estimate of drug-likeness (QED) is 0.438. The van der Waals surface area contributed by atoms with E-state index in [1.54, 1.807) is 6.07 Å². The van der Waals surface area contributed by atoms with E-state index in [1.165, 1.54) is 12.1 Å². The van der Waals surface area contributed by atoms with Crippen molar-refractivity contribution in [3.05, 3.63) is 33.9 Å². The number of amides is 1.